The summed E-state index contributed by atoms with van der Waals surface area (Å²) in [4.78, 5) is 22.1. The first-order valence-corrected chi connectivity index (χ1v) is 6.42. The molecule has 0 aliphatic heterocycles. The summed E-state index contributed by atoms with van der Waals surface area (Å²) in [5.41, 5.74) is 0. The number of rotatable bonds is 9. The molecule has 1 N–H and O–H groups in total. The average Bonchev–Trinajstić information content (AvgIpc) is 3.02. The summed E-state index contributed by atoms with van der Waals surface area (Å²) in [6, 6.07) is 0. The van der Waals surface area contributed by atoms with Gasteiger partial charge in [0.15, 0.2) is 0 Å². The molecule has 1 aliphatic rings. The molecule has 0 amide bonds. The molecule has 0 unspecified atom stereocenters. The van der Waals surface area contributed by atoms with Crippen molar-refractivity contribution < 1.29 is 14.7 Å². The highest BCUT2D eigenvalue weighted by atomic mass is 16.4. The van der Waals surface area contributed by atoms with Gasteiger partial charge in [0.25, 0.3) is 0 Å². The maximum atomic E-state index is 11.5. The first kappa shape index (κ1) is 13.2. The van der Waals surface area contributed by atoms with Crippen LogP contribution >= 0.6 is 0 Å². The second-order valence-corrected chi connectivity index (χ2v) is 4.77. The second kappa shape index (κ2) is 6.66. The lowest BCUT2D eigenvalue weighted by Crippen LogP contribution is -2.07. The molecule has 0 saturated heterocycles. The number of aliphatic carboxylic acids is 1. The molecule has 1 fully saturated rings. The van der Waals surface area contributed by atoms with E-state index in [0.717, 1.165) is 12.8 Å². The first-order valence-electron chi connectivity index (χ1n) is 6.42. The quantitative estimate of drug-likeness (QED) is 0.615. The van der Waals surface area contributed by atoms with E-state index < -0.39 is 5.97 Å². The number of hydrogen-bond donors (Lipinski definition) is 1. The van der Waals surface area contributed by atoms with Crippen molar-refractivity contribution in [2.24, 2.45) is 11.8 Å². The standard InChI is InChI=1S/C13H22O3/c1-2-3-4-5-6-7-8-12(14)10-9-11(10)13(15)16/h10-11H,2-9H2,1H3,(H,15,16)/t10-,11+/m0/s1. The maximum absolute atomic E-state index is 11.5. The Bertz CT molecular complexity index is 248. The lowest BCUT2D eigenvalue weighted by Gasteiger charge is -2.00. The van der Waals surface area contributed by atoms with Gasteiger partial charge in [0.1, 0.15) is 5.78 Å². The first-order chi connectivity index (χ1) is 7.66. The predicted molar refractivity (Wildman–Crippen MR) is 62.2 cm³/mol. The van der Waals surface area contributed by atoms with Gasteiger partial charge in [-0.1, -0.05) is 39.0 Å². The van der Waals surface area contributed by atoms with Crippen LogP contribution in [-0.2, 0) is 9.59 Å². The molecule has 1 saturated carbocycles. The summed E-state index contributed by atoms with van der Waals surface area (Å²) in [6.45, 7) is 2.18. The fourth-order valence-corrected chi connectivity index (χ4v) is 2.09. The van der Waals surface area contributed by atoms with Crippen LogP contribution in [0.5, 0.6) is 0 Å². The molecule has 0 aromatic rings. The van der Waals surface area contributed by atoms with Crippen LogP contribution in [0.1, 0.15) is 58.3 Å². The molecule has 1 rings (SSSR count). The Labute approximate surface area is 97.2 Å². The zero-order valence-corrected chi connectivity index (χ0v) is 10.1. The maximum Gasteiger partial charge on any atom is 0.307 e. The van der Waals surface area contributed by atoms with Gasteiger partial charge in [-0.05, 0) is 12.8 Å². The van der Waals surface area contributed by atoms with Crippen molar-refractivity contribution in [2.75, 3.05) is 0 Å². The SMILES string of the molecule is CCCCCCCCC(=O)[C@H]1C[C@H]1C(=O)O. The van der Waals surface area contributed by atoms with E-state index in [4.69, 9.17) is 5.11 Å². The number of carboxylic acid groups (broad SMARTS) is 1. The van der Waals surface area contributed by atoms with Crippen molar-refractivity contribution in [3.8, 4) is 0 Å². The number of hydrogen-bond acceptors (Lipinski definition) is 2. The number of unbranched alkanes of at least 4 members (excludes halogenated alkanes) is 5. The highest BCUT2D eigenvalue weighted by molar-refractivity contribution is 5.90. The normalized spacial score (nSPS) is 23.1. The van der Waals surface area contributed by atoms with Gasteiger partial charge in [-0.15, -0.1) is 0 Å². The van der Waals surface area contributed by atoms with Gasteiger partial charge in [0, 0.05) is 12.3 Å². The van der Waals surface area contributed by atoms with Crippen molar-refractivity contribution in [1.82, 2.24) is 0 Å². The van der Waals surface area contributed by atoms with Gasteiger partial charge in [-0.3, -0.25) is 9.59 Å². The molecule has 0 spiro atoms. The van der Waals surface area contributed by atoms with Crippen molar-refractivity contribution in [3.05, 3.63) is 0 Å². The number of Topliss-reactive ketones (excluding diaryl/α,β-unsaturated/α-hetero) is 1. The van der Waals surface area contributed by atoms with E-state index in [-0.39, 0.29) is 17.6 Å². The third-order valence-electron chi connectivity index (χ3n) is 3.30. The molecule has 3 heteroatoms. The number of carboxylic acids is 1. The zero-order chi connectivity index (χ0) is 12.0. The van der Waals surface area contributed by atoms with Gasteiger partial charge in [-0.25, -0.2) is 0 Å². The third-order valence-corrected chi connectivity index (χ3v) is 3.30. The Morgan fingerprint density at radius 2 is 1.69 bits per heavy atom. The summed E-state index contributed by atoms with van der Waals surface area (Å²) in [7, 11) is 0. The molecular weight excluding hydrogens is 204 g/mol. The van der Waals surface area contributed by atoms with E-state index in [1.807, 2.05) is 0 Å². The smallest absolute Gasteiger partial charge is 0.307 e. The Balaban J connectivity index is 1.98. The minimum atomic E-state index is -0.804. The minimum absolute atomic E-state index is 0.159. The lowest BCUT2D eigenvalue weighted by atomic mass is 10.1. The topological polar surface area (TPSA) is 54.4 Å². The van der Waals surface area contributed by atoms with Crippen LogP contribution in [-0.4, -0.2) is 16.9 Å². The van der Waals surface area contributed by atoms with Crippen LogP contribution in [0.2, 0.25) is 0 Å². The van der Waals surface area contributed by atoms with Crippen LogP contribution in [0.25, 0.3) is 0 Å². The molecule has 92 valence electrons. The van der Waals surface area contributed by atoms with E-state index in [9.17, 15) is 9.59 Å². The summed E-state index contributed by atoms with van der Waals surface area (Å²) in [5.74, 6) is -1.16. The molecule has 1 aliphatic carbocycles. The molecule has 16 heavy (non-hydrogen) atoms. The molecule has 0 bridgehead atoms. The van der Waals surface area contributed by atoms with Crippen molar-refractivity contribution in [2.45, 2.75) is 58.3 Å². The fraction of sp³-hybridized carbons (Fsp3) is 0.846. The predicted octanol–water partition coefficient (Wildman–Crippen LogP) is 3.03. The van der Waals surface area contributed by atoms with Gasteiger partial charge >= 0.3 is 5.97 Å². The molecule has 2 atom stereocenters. The molecule has 0 heterocycles. The Morgan fingerprint density at radius 1 is 1.06 bits per heavy atom. The highest BCUT2D eigenvalue weighted by Gasteiger charge is 2.47. The van der Waals surface area contributed by atoms with E-state index >= 15 is 0 Å². The van der Waals surface area contributed by atoms with Crippen molar-refractivity contribution in [3.63, 3.8) is 0 Å². The van der Waals surface area contributed by atoms with Crippen molar-refractivity contribution >= 4 is 11.8 Å². The lowest BCUT2D eigenvalue weighted by molar-refractivity contribution is -0.140. The van der Waals surface area contributed by atoms with Crippen LogP contribution in [0.4, 0.5) is 0 Å². The van der Waals surface area contributed by atoms with Crippen LogP contribution in [0.3, 0.4) is 0 Å². The van der Waals surface area contributed by atoms with Crippen molar-refractivity contribution in [1.29, 1.82) is 0 Å². The minimum Gasteiger partial charge on any atom is -0.481 e. The summed E-state index contributed by atoms with van der Waals surface area (Å²) in [5, 5.41) is 8.69. The highest BCUT2D eigenvalue weighted by Crippen LogP contribution is 2.40. The Morgan fingerprint density at radius 3 is 2.25 bits per heavy atom. The van der Waals surface area contributed by atoms with Crippen LogP contribution in [0, 0.1) is 11.8 Å². The van der Waals surface area contributed by atoms with E-state index in [0.29, 0.717) is 12.8 Å². The molecule has 0 radical (unpaired) electrons. The van der Waals surface area contributed by atoms with E-state index in [1.54, 1.807) is 0 Å². The monoisotopic (exact) mass is 226 g/mol. The zero-order valence-electron chi connectivity index (χ0n) is 10.1. The van der Waals surface area contributed by atoms with Crippen LogP contribution in [0.15, 0.2) is 0 Å². The average molecular weight is 226 g/mol. The molecule has 0 aromatic heterocycles. The molecule has 3 nitrogen and oxygen atoms in total. The second-order valence-electron chi connectivity index (χ2n) is 4.77. The number of carbonyl (C=O) groups excluding carboxylic acids is 1. The molecular formula is C13H22O3. The fourth-order valence-electron chi connectivity index (χ4n) is 2.09. The summed E-state index contributed by atoms with van der Waals surface area (Å²) < 4.78 is 0. The van der Waals surface area contributed by atoms with Crippen LogP contribution < -0.4 is 0 Å². The van der Waals surface area contributed by atoms with E-state index in [1.165, 1.54) is 25.7 Å². The number of ketones is 1. The van der Waals surface area contributed by atoms with Gasteiger partial charge in [0.05, 0.1) is 5.92 Å². The molecule has 0 aromatic carbocycles. The van der Waals surface area contributed by atoms with Gasteiger partial charge in [-0.2, -0.15) is 0 Å². The van der Waals surface area contributed by atoms with E-state index in [2.05, 4.69) is 6.92 Å². The summed E-state index contributed by atoms with van der Waals surface area (Å²) in [6.07, 6.45) is 8.17. The van der Waals surface area contributed by atoms with Gasteiger partial charge in [0.2, 0.25) is 0 Å². The van der Waals surface area contributed by atoms with Gasteiger partial charge < -0.3 is 5.11 Å². The summed E-state index contributed by atoms with van der Waals surface area (Å²) >= 11 is 0. The third kappa shape index (κ3) is 4.33. The Hall–Kier alpha value is -0.860. The Kier molecular flexibility index (Phi) is 5.50. The largest absolute Gasteiger partial charge is 0.481 e. The number of carbonyl (C=O) groups is 2.